The van der Waals surface area contributed by atoms with Gasteiger partial charge in [0.2, 0.25) is 0 Å². The molecule has 1 aromatic heterocycles. The van der Waals surface area contributed by atoms with Crippen LogP contribution in [0.1, 0.15) is 5.56 Å². The van der Waals surface area contributed by atoms with E-state index in [0.29, 0.717) is 10.3 Å². The number of hydrogen-bond acceptors (Lipinski definition) is 4. The molecule has 9 heteroatoms. The minimum absolute atomic E-state index is 0.0997. The molecule has 3 aromatic rings. The Balaban J connectivity index is 1.99. The maximum atomic E-state index is 14.2. The van der Waals surface area contributed by atoms with Crippen LogP contribution in [-0.2, 0) is 11.3 Å². The van der Waals surface area contributed by atoms with Crippen LogP contribution in [0.5, 0.6) is 0 Å². The number of hydrogen-bond donors (Lipinski definition) is 0. The van der Waals surface area contributed by atoms with Crippen molar-refractivity contribution in [1.29, 1.82) is 0 Å². The van der Waals surface area contributed by atoms with Crippen molar-refractivity contribution in [3.8, 4) is 0 Å². The monoisotopic (exact) mass is 401 g/mol. The lowest BCUT2D eigenvalue weighted by Gasteiger charge is -2.01. The number of amides is 1. The van der Waals surface area contributed by atoms with Crippen molar-refractivity contribution < 1.29 is 18.5 Å². The van der Waals surface area contributed by atoms with E-state index >= 15 is 0 Å². The molecule has 0 spiro atoms. The Labute approximate surface area is 161 Å². The molecule has 0 aliphatic heterocycles. The quantitative estimate of drug-likeness (QED) is 0.278. The van der Waals surface area contributed by atoms with Gasteiger partial charge in [-0.15, -0.1) is 6.58 Å². The van der Waals surface area contributed by atoms with E-state index in [0.717, 1.165) is 23.5 Å². The molecule has 0 fully saturated rings. The first-order valence-electron chi connectivity index (χ1n) is 7.99. The Morgan fingerprint density at radius 1 is 1.32 bits per heavy atom. The molecule has 3 rings (SSSR count). The number of allylic oxidation sites excluding steroid dienone is 1. The highest BCUT2D eigenvalue weighted by molar-refractivity contribution is 7.16. The van der Waals surface area contributed by atoms with E-state index < -0.39 is 22.5 Å². The van der Waals surface area contributed by atoms with Gasteiger partial charge in [0, 0.05) is 30.8 Å². The molecule has 2 aromatic carbocycles. The van der Waals surface area contributed by atoms with Crippen molar-refractivity contribution in [3.05, 3.63) is 87.2 Å². The van der Waals surface area contributed by atoms with Crippen LogP contribution in [0.2, 0.25) is 0 Å². The molecular formula is C19H13F2N3O3S. The van der Waals surface area contributed by atoms with Crippen LogP contribution in [0.3, 0.4) is 0 Å². The van der Waals surface area contributed by atoms with Gasteiger partial charge in [-0.3, -0.25) is 14.9 Å². The molecule has 0 N–H and O–H groups in total. The molecule has 142 valence electrons. The van der Waals surface area contributed by atoms with Crippen LogP contribution >= 0.6 is 11.3 Å². The van der Waals surface area contributed by atoms with Gasteiger partial charge in [-0.05, 0) is 17.7 Å². The Morgan fingerprint density at radius 2 is 2.11 bits per heavy atom. The van der Waals surface area contributed by atoms with Gasteiger partial charge in [0.1, 0.15) is 5.82 Å². The van der Waals surface area contributed by atoms with Crippen LogP contribution in [-0.4, -0.2) is 15.4 Å². The van der Waals surface area contributed by atoms with Crippen molar-refractivity contribution in [3.63, 3.8) is 0 Å². The Kier molecular flexibility index (Phi) is 5.55. The third kappa shape index (κ3) is 4.09. The number of rotatable bonds is 5. The second kappa shape index (κ2) is 8.05. The molecule has 28 heavy (non-hydrogen) atoms. The predicted molar refractivity (Wildman–Crippen MR) is 103 cm³/mol. The lowest BCUT2D eigenvalue weighted by molar-refractivity contribution is -0.384. The first-order chi connectivity index (χ1) is 13.4. The molecule has 1 amide bonds. The van der Waals surface area contributed by atoms with Crippen LogP contribution < -0.4 is 4.80 Å². The normalized spacial score (nSPS) is 12.0. The summed E-state index contributed by atoms with van der Waals surface area (Å²) in [4.78, 5) is 26.6. The van der Waals surface area contributed by atoms with E-state index in [1.54, 1.807) is 6.07 Å². The number of fused-ring (bicyclic) bond motifs is 1. The van der Waals surface area contributed by atoms with Gasteiger partial charge in [0.15, 0.2) is 10.6 Å². The summed E-state index contributed by atoms with van der Waals surface area (Å²) < 4.78 is 29.4. The van der Waals surface area contributed by atoms with Gasteiger partial charge in [-0.2, -0.15) is 4.99 Å². The minimum atomic E-state index is -0.755. The average molecular weight is 401 g/mol. The number of carbonyl (C=O) groups is 1. The number of nitro benzene ring substituents is 1. The number of benzene rings is 2. The number of non-ortho nitro benzene ring substituents is 1. The van der Waals surface area contributed by atoms with Crippen LogP contribution in [0.25, 0.3) is 16.3 Å². The maximum absolute atomic E-state index is 14.2. The number of nitrogens with zero attached hydrogens (tertiary/aromatic N) is 3. The van der Waals surface area contributed by atoms with Gasteiger partial charge in [0.25, 0.3) is 11.6 Å². The second-order valence-electron chi connectivity index (χ2n) is 5.65. The number of nitro groups is 1. The van der Waals surface area contributed by atoms with Gasteiger partial charge in [-0.25, -0.2) is 8.78 Å². The Morgan fingerprint density at radius 3 is 2.82 bits per heavy atom. The summed E-state index contributed by atoms with van der Waals surface area (Å²) in [5, 5.41) is 10.8. The molecule has 6 nitrogen and oxygen atoms in total. The fourth-order valence-electron chi connectivity index (χ4n) is 2.55. The molecule has 0 saturated heterocycles. The zero-order valence-electron chi connectivity index (χ0n) is 14.3. The molecule has 1 heterocycles. The third-order valence-corrected chi connectivity index (χ3v) is 4.74. The predicted octanol–water partition coefficient (Wildman–Crippen LogP) is 4.22. The first kappa shape index (κ1) is 19.3. The largest absolute Gasteiger partial charge is 0.310 e. The molecule has 0 aliphatic carbocycles. The SMILES string of the molecule is C=CCn1c(=NC(=O)/C=C/c2cccc([N+](=O)[O-])c2)sc2cc(F)cc(F)c21. The fourth-order valence-corrected chi connectivity index (χ4v) is 3.64. The highest BCUT2D eigenvalue weighted by Crippen LogP contribution is 2.22. The van der Waals surface area contributed by atoms with Gasteiger partial charge in [-0.1, -0.05) is 29.5 Å². The number of thiazole rings is 1. The number of carbonyl (C=O) groups excluding carboxylic acids is 1. The molecule has 0 radical (unpaired) electrons. The summed E-state index contributed by atoms with van der Waals surface area (Å²) in [6.07, 6.45) is 4.06. The number of halogens is 2. The maximum Gasteiger partial charge on any atom is 0.272 e. The van der Waals surface area contributed by atoms with Crippen LogP contribution in [0.15, 0.2) is 60.1 Å². The van der Waals surface area contributed by atoms with Gasteiger partial charge < -0.3 is 4.57 Å². The summed E-state index contributed by atoms with van der Waals surface area (Å²) in [5.74, 6) is -2.12. The minimum Gasteiger partial charge on any atom is -0.310 e. The standard InChI is InChI=1S/C19H13F2N3O3S/c1-2-8-23-18-15(21)10-13(20)11-16(18)28-19(23)22-17(25)7-6-12-4-3-5-14(9-12)24(26)27/h2-7,9-11H,1,8H2/b7-6+,22-19?. The Hall–Kier alpha value is -3.46. The second-order valence-corrected chi connectivity index (χ2v) is 6.66. The topological polar surface area (TPSA) is 77.5 Å². The van der Waals surface area contributed by atoms with Gasteiger partial charge in [0.05, 0.1) is 15.1 Å². The van der Waals surface area contributed by atoms with Crippen molar-refractivity contribution in [2.24, 2.45) is 4.99 Å². The highest BCUT2D eigenvalue weighted by atomic mass is 32.1. The van der Waals surface area contributed by atoms with Crippen LogP contribution in [0.4, 0.5) is 14.5 Å². The summed E-state index contributed by atoms with van der Waals surface area (Å²) in [5.41, 5.74) is 0.499. The summed E-state index contributed by atoms with van der Waals surface area (Å²) in [7, 11) is 0. The van der Waals surface area contributed by atoms with Crippen molar-refractivity contribution in [1.82, 2.24) is 4.57 Å². The van der Waals surface area contributed by atoms with E-state index in [1.807, 2.05) is 0 Å². The van der Waals surface area contributed by atoms with Crippen molar-refractivity contribution in [2.45, 2.75) is 6.54 Å². The lowest BCUT2D eigenvalue weighted by Crippen LogP contribution is -2.16. The zero-order valence-corrected chi connectivity index (χ0v) is 15.2. The van der Waals surface area contributed by atoms with Crippen molar-refractivity contribution in [2.75, 3.05) is 0 Å². The average Bonchev–Trinajstić information content (AvgIpc) is 2.97. The van der Waals surface area contributed by atoms with Crippen LogP contribution in [0, 0.1) is 21.7 Å². The molecule has 0 bridgehead atoms. The molecule has 0 saturated carbocycles. The molecule has 0 atom stereocenters. The summed E-state index contributed by atoms with van der Waals surface area (Å²) in [6.45, 7) is 3.78. The molecule has 0 unspecified atom stereocenters. The summed E-state index contributed by atoms with van der Waals surface area (Å²) >= 11 is 0.973. The first-order valence-corrected chi connectivity index (χ1v) is 8.81. The number of aromatic nitrogens is 1. The lowest BCUT2D eigenvalue weighted by atomic mass is 10.2. The van der Waals surface area contributed by atoms with E-state index in [-0.39, 0.29) is 22.6 Å². The highest BCUT2D eigenvalue weighted by Gasteiger charge is 2.13. The van der Waals surface area contributed by atoms with E-state index in [4.69, 9.17) is 0 Å². The van der Waals surface area contributed by atoms with E-state index in [9.17, 15) is 23.7 Å². The smallest absolute Gasteiger partial charge is 0.272 e. The van der Waals surface area contributed by atoms with E-state index in [2.05, 4.69) is 11.6 Å². The van der Waals surface area contributed by atoms with Gasteiger partial charge >= 0.3 is 0 Å². The summed E-state index contributed by atoms with van der Waals surface area (Å²) in [6, 6.07) is 7.70. The molecular weight excluding hydrogens is 388 g/mol. The Bertz CT molecular complexity index is 1190. The fraction of sp³-hybridized carbons (Fsp3) is 0.0526. The van der Waals surface area contributed by atoms with E-state index in [1.165, 1.54) is 41.0 Å². The van der Waals surface area contributed by atoms with Crippen molar-refractivity contribution >= 4 is 39.2 Å². The molecule has 0 aliphatic rings. The zero-order chi connectivity index (χ0) is 20.3. The third-order valence-electron chi connectivity index (χ3n) is 3.71.